The standard InChI is InChI=1S/C21H19FN4O3S/c1-13(27)23-15-6-4-7-16(9-15)24-19(28)10-17-11-20(29)26-21(25-17)30-12-14-5-2-3-8-18(14)22/h2-9,11H,10,12H2,1H3,(H,23,27)(H,24,28)(H,25,26,29). The van der Waals surface area contributed by atoms with Crippen LogP contribution in [0.1, 0.15) is 18.2 Å². The van der Waals surface area contributed by atoms with Crippen LogP contribution < -0.4 is 16.2 Å². The summed E-state index contributed by atoms with van der Waals surface area (Å²) in [7, 11) is 0. The van der Waals surface area contributed by atoms with Crippen LogP contribution in [0.15, 0.2) is 64.5 Å². The number of aromatic amines is 1. The number of aromatic nitrogens is 2. The average Bonchev–Trinajstić information content (AvgIpc) is 2.66. The first-order valence-corrected chi connectivity index (χ1v) is 10.0. The van der Waals surface area contributed by atoms with Crippen molar-refractivity contribution in [2.45, 2.75) is 24.3 Å². The quantitative estimate of drug-likeness (QED) is 0.397. The van der Waals surface area contributed by atoms with Crippen LogP contribution in [-0.4, -0.2) is 21.8 Å². The van der Waals surface area contributed by atoms with Gasteiger partial charge in [0, 0.05) is 30.1 Å². The van der Waals surface area contributed by atoms with E-state index in [0.717, 1.165) is 0 Å². The molecule has 0 atom stereocenters. The van der Waals surface area contributed by atoms with Gasteiger partial charge in [0.05, 0.1) is 12.1 Å². The largest absolute Gasteiger partial charge is 0.326 e. The van der Waals surface area contributed by atoms with Crippen molar-refractivity contribution >= 4 is 35.0 Å². The molecule has 0 aliphatic carbocycles. The predicted molar refractivity (Wildman–Crippen MR) is 114 cm³/mol. The molecular weight excluding hydrogens is 407 g/mol. The molecule has 0 spiro atoms. The second-order valence-electron chi connectivity index (χ2n) is 6.41. The van der Waals surface area contributed by atoms with Crippen molar-refractivity contribution in [2.75, 3.05) is 10.6 Å². The minimum Gasteiger partial charge on any atom is -0.326 e. The van der Waals surface area contributed by atoms with Gasteiger partial charge in [0.25, 0.3) is 5.56 Å². The number of hydrogen-bond donors (Lipinski definition) is 3. The number of rotatable bonds is 7. The Bertz CT molecular complexity index is 1130. The number of amides is 2. The summed E-state index contributed by atoms with van der Waals surface area (Å²) in [4.78, 5) is 42.3. The van der Waals surface area contributed by atoms with Gasteiger partial charge in [-0.2, -0.15) is 0 Å². The van der Waals surface area contributed by atoms with Crippen molar-refractivity contribution in [3.05, 3.63) is 82.0 Å². The SMILES string of the molecule is CC(=O)Nc1cccc(NC(=O)Cc2cc(=O)[nH]c(SCc3ccccc3F)n2)c1. The highest BCUT2D eigenvalue weighted by molar-refractivity contribution is 7.98. The molecule has 0 saturated heterocycles. The number of halogens is 1. The molecule has 154 valence electrons. The molecule has 2 aromatic carbocycles. The van der Waals surface area contributed by atoms with Crippen LogP contribution in [-0.2, 0) is 21.8 Å². The van der Waals surface area contributed by atoms with Gasteiger partial charge in [-0.3, -0.25) is 14.4 Å². The van der Waals surface area contributed by atoms with E-state index in [9.17, 15) is 18.8 Å². The maximum atomic E-state index is 13.7. The van der Waals surface area contributed by atoms with Crippen LogP contribution in [0.5, 0.6) is 0 Å². The molecule has 0 aliphatic heterocycles. The molecule has 9 heteroatoms. The number of thioether (sulfide) groups is 1. The van der Waals surface area contributed by atoms with E-state index in [4.69, 9.17) is 0 Å². The lowest BCUT2D eigenvalue weighted by atomic mass is 10.2. The van der Waals surface area contributed by atoms with Gasteiger partial charge in [-0.25, -0.2) is 9.37 Å². The fourth-order valence-electron chi connectivity index (χ4n) is 2.65. The minimum absolute atomic E-state index is 0.110. The van der Waals surface area contributed by atoms with E-state index >= 15 is 0 Å². The summed E-state index contributed by atoms with van der Waals surface area (Å²) in [5, 5.41) is 5.65. The highest BCUT2D eigenvalue weighted by Gasteiger charge is 2.10. The van der Waals surface area contributed by atoms with Crippen LogP contribution in [0.3, 0.4) is 0 Å². The Hall–Kier alpha value is -3.46. The zero-order valence-corrected chi connectivity index (χ0v) is 16.9. The number of nitrogens with zero attached hydrogens (tertiary/aromatic N) is 1. The third-order valence-electron chi connectivity index (χ3n) is 3.90. The molecule has 0 aliphatic rings. The molecule has 3 N–H and O–H groups in total. The van der Waals surface area contributed by atoms with Crippen LogP contribution >= 0.6 is 11.8 Å². The van der Waals surface area contributed by atoms with Crippen LogP contribution in [0.25, 0.3) is 0 Å². The maximum absolute atomic E-state index is 13.7. The number of anilines is 2. The summed E-state index contributed by atoms with van der Waals surface area (Å²) in [6.07, 6.45) is -0.110. The maximum Gasteiger partial charge on any atom is 0.251 e. The third-order valence-corrected chi connectivity index (χ3v) is 4.83. The Kier molecular flexibility index (Phi) is 6.97. The van der Waals surface area contributed by atoms with Crippen molar-refractivity contribution in [2.24, 2.45) is 0 Å². The van der Waals surface area contributed by atoms with Crippen LogP contribution in [0.4, 0.5) is 15.8 Å². The van der Waals surface area contributed by atoms with Gasteiger partial charge in [-0.15, -0.1) is 0 Å². The highest BCUT2D eigenvalue weighted by atomic mass is 32.2. The first-order chi connectivity index (χ1) is 14.4. The monoisotopic (exact) mass is 426 g/mol. The molecule has 0 unspecified atom stereocenters. The molecule has 0 radical (unpaired) electrons. The van der Waals surface area contributed by atoms with Gasteiger partial charge in [0.15, 0.2) is 5.16 Å². The second kappa shape index (κ2) is 9.84. The van der Waals surface area contributed by atoms with E-state index in [1.54, 1.807) is 42.5 Å². The molecule has 3 rings (SSSR count). The molecule has 0 fully saturated rings. The number of carbonyl (C=O) groups is 2. The Morgan fingerprint density at radius 2 is 1.80 bits per heavy atom. The van der Waals surface area contributed by atoms with Crippen molar-refractivity contribution in [3.63, 3.8) is 0 Å². The summed E-state index contributed by atoms with van der Waals surface area (Å²) in [5.41, 5.74) is 1.46. The second-order valence-corrected chi connectivity index (χ2v) is 7.37. The fraction of sp³-hybridized carbons (Fsp3) is 0.143. The molecular formula is C21H19FN4O3S. The summed E-state index contributed by atoms with van der Waals surface area (Å²) in [5.74, 6) is -0.615. The van der Waals surface area contributed by atoms with Gasteiger partial charge in [0.1, 0.15) is 5.82 Å². The molecule has 30 heavy (non-hydrogen) atoms. The number of H-pyrrole nitrogens is 1. The van der Waals surface area contributed by atoms with E-state index in [2.05, 4.69) is 20.6 Å². The van der Waals surface area contributed by atoms with E-state index in [-0.39, 0.29) is 24.1 Å². The van der Waals surface area contributed by atoms with E-state index in [1.165, 1.54) is 30.8 Å². The molecule has 0 saturated carbocycles. The molecule has 2 amide bonds. The van der Waals surface area contributed by atoms with Crippen molar-refractivity contribution in [1.82, 2.24) is 9.97 Å². The average molecular weight is 426 g/mol. The minimum atomic E-state index is -0.392. The lowest BCUT2D eigenvalue weighted by molar-refractivity contribution is -0.116. The van der Waals surface area contributed by atoms with Gasteiger partial charge in [-0.05, 0) is 29.8 Å². The molecule has 1 heterocycles. The molecule has 3 aromatic rings. The van der Waals surface area contributed by atoms with Crippen molar-refractivity contribution < 1.29 is 14.0 Å². The Labute approximate surface area is 176 Å². The normalized spacial score (nSPS) is 10.5. The van der Waals surface area contributed by atoms with E-state index < -0.39 is 5.56 Å². The lowest BCUT2D eigenvalue weighted by Gasteiger charge is -2.08. The van der Waals surface area contributed by atoms with Crippen molar-refractivity contribution in [1.29, 1.82) is 0 Å². The summed E-state index contributed by atoms with van der Waals surface area (Å²) < 4.78 is 13.7. The molecule has 0 bridgehead atoms. The number of carbonyl (C=O) groups excluding carboxylic acids is 2. The van der Waals surface area contributed by atoms with Gasteiger partial charge in [0.2, 0.25) is 11.8 Å². The highest BCUT2D eigenvalue weighted by Crippen LogP contribution is 2.20. The van der Waals surface area contributed by atoms with Gasteiger partial charge in [-0.1, -0.05) is 36.0 Å². The van der Waals surface area contributed by atoms with E-state index in [0.29, 0.717) is 33.5 Å². The third kappa shape index (κ3) is 6.28. The zero-order valence-electron chi connectivity index (χ0n) is 16.1. The van der Waals surface area contributed by atoms with Gasteiger partial charge >= 0.3 is 0 Å². The number of benzene rings is 2. The Morgan fingerprint density at radius 1 is 1.07 bits per heavy atom. The van der Waals surface area contributed by atoms with Crippen LogP contribution in [0, 0.1) is 5.82 Å². The van der Waals surface area contributed by atoms with Crippen LogP contribution in [0.2, 0.25) is 0 Å². The van der Waals surface area contributed by atoms with E-state index in [1.807, 2.05) is 0 Å². The van der Waals surface area contributed by atoms with Gasteiger partial charge < -0.3 is 15.6 Å². The molecule has 1 aromatic heterocycles. The number of hydrogen-bond acceptors (Lipinski definition) is 5. The lowest BCUT2D eigenvalue weighted by Crippen LogP contribution is -2.18. The Balaban J connectivity index is 1.65. The Morgan fingerprint density at radius 3 is 2.53 bits per heavy atom. The van der Waals surface area contributed by atoms with Crippen molar-refractivity contribution in [3.8, 4) is 0 Å². The summed E-state index contributed by atoms with van der Waals surface area (Å²) in [6, 6.07) is 14.3. The predicted octanol–water partition coefficient (Wildman–Crippen LogP) is 3.34. The summed E-state index contributed by atoms with van der Waals surface area (Å²) in [6.45, 7) is 1.39. The number of nitrogens with one attached hydrogen (secondary N) is 3. The topological polar surface area (TPSA) is 104 Å². The smallest absolute Gasteiger partial charge is 0.251 e. The zero-order chi connectivity index (χ0) is 21.5. The first kappa shape index (κ1) is 21.3. The molecule has 7 nitrogen and oxygen atoms in total. The fourth-order valence-corrected chi connectivity index (χ4v) is 3.53. The first-order valence-electron chi connectivity index (χ1n) is 9.03. The summed E-state index contributed by atoms with van der Waals surface area (Å²) >= 11 is 1.18.